The van der Waals surface area contributed by atoms with Crippen molar-refractivity contribution in [2.45, 2.75) is 0 Å². The minimum atomic E-state index is 0. The van der Waals surface area contributed by atoms with Gasteiger partial charge in [-0.3, -0.25) is 0 Å². The molecule has 0 bridgehead atoms. The van der Waals surface area contributed by atoms with E-state index in [1.54, 1.807) is 0 Å². The van der Waals surface area contributed by atoms with Crippen LogP contribution in [0.25, 0.3) is 10.6 Å². The van der Waals surface area contributed by atoms with Crippen molar-refractivity contribution in [1.82, 2.24) is 10.2 Å². The fourth-order valence-electron chi connectivity index (χ4n) is 0.978. The summed E-state index contributed by atoms with van der Waals surface area (Å²) in [4.78, 5) is 0. The minimum absolute atomic E-state index is 0. The summed E-state index contributed by atoms with van der Waals surface area (Å²) < 4.78 is 1.01. The number of aromatic nitrogens is 2. The number of anilines is 1. The van der Waals surface area contributed by atoms with E-state index in [-0.39, 0.29) is 12.4 Å². The third-order valence-corrected chi connectivity index (χ3v) is 3.02. The Labute approximate surface area is 99.9 Å². The second-order valence-electron chi connectivity index (χ2n) is 2.43. The van der Waals surface area contributed by atoms with E-state index in [1.165, 1.54) is 11.3 Å². The highest BCUT2D eigenvalue weighted by molar-refractivity contribution is 9.10. The predicted molar refractivity (Wildman–Crippen MR) is 64.7 cm³/mol. The summed E-state index contributed by atoms with van der Waals surface area (Å²) in [5, 5.41) is 9.05. The maximum Gasteiger partial charge on any atom is 0.203 e. The molecule has 0 unspecified atom stereocenters. The van der Waals surface area contributed by atoms with Crippen LogP contribution in [0, 0.1) is 0 Å². The molecule has 0 saturated heterocycles. The molecule has 0 fully saturated rings. The summed E-state index contributed by atoms with van der Waals surface area (Å²) in [7, 11) is 0. The van der Waals surface area contributed by atoms with E-state index in [9.17, 15) is 0 Å². The molecule has 0 radical (unpaired) electrons. The Balaban J connectivity index is 0.000000980. The lowest BCUT2D eigenvalue weighted by Gasteiger charge is -1.96. The quantitative estimate of drug-likeness (QED) is 0.879. The monoisotopic (exact) mass is 291 g/mol. The van der Waals surface area contributed by atoms with E-state index in [0.717, 1.165) is 15.0 Å². The van der Waals surface area contributed by atoms with E-state index < -0.39 is 0 Å². The molecule has 0 aliphatic rings. The molecule has 0 aliphatic heterocycles. The Bertz CT molecular complexity index is 432. The molecule has 0 saturated carbocycles. The van der Waals surface area contributed by atoms with E-state index in [0.29, 0.717) is 5.13 Å². The van der Waals surface area contributed by atoms with Crippen LogP contribution in [-0.2, 0) is 0 Å². The topological polar surface area (TPSA) is 51.8 Å². The van der Waals surface area contributed by atoms with Crippen LogP contribution in [0.4, 0.5) is 5.13 Å². The molecule has 1 heterocycles. The third kappa shape index (κ3) is 2.23. The van der Waals surface area contributed by atoms with Crippen LogP contribution in [0.15, 0.2) is 28.7 Å². The molecule has 0 spiro atoms. The number of hydrogen-bond acceptors (Lipinski definition) is 4. The molecule has 6 heteroatoms. The lowest BCUT2D eigenvalue weighted by atomic mass is 10.2. The highest BCUT2D eigenvalue weighted by atomic mass is 79.9. The first kappa shape index (κ1) is 11.4. The minimum Gasteiger partial charge on any atom is -0.374 e. The molecule has 2 aromatic rings. The number of nitrogen functional groups attached to an aromatic ring is 1. The molecule has 2 N–H and O–H groups in total. The van der Waals surface area contributed by atoms with Gasteiger partial charge >= 0.3 is 0 Å². The number of hydrogen-bond donors (Lipinski definition) is 1. The number of nitrogens with zero attached hydrogens (tertiary/aromatic N) is 2. The average molecular weight is 293 g/mol. The Morgan fingerprint density at radius 3 is 2.50 bits per heavy atom. The zero-order chi connectivity index (χ0) is 9.26. The van der Waals surface area contributed by atoms with Crippen LogP contribution < -0.4 is 5.73 Å². The van der Waals surface area contributed by atoms with E-state index in [1.807, 2.05) is 24.3 Å². The SMILES string of the molecule is Cl.Nc1nnc(-c2ccccc2Br)s1. The zero-order valence-corrected chi connectivity index (χ0v) is 10.2. The van der Waals surface area contributed by atoms with Crippen LogP contribution in [-0.4, -0.2) is 10.2 Å². The van der Waals surface area contributed by atoms with Gasteiger partial charge in [0, 0.05) is 10.0 Å². The van der Waals surface area contributed by atoms with Gasteiger partial charge in [0.05, 0.1) is 0 Å². The standard InChI is InChI=1S/C8H6BrN3S.ClH/c9-6-4-2-1-3-5(6)7-11-12-8(10)13-7;/h1-4H,(H2,10,12);1H. The van der Waals surface area contributed by atoms with Crippen molar-refractivity contribution >= 4 is 44.8 Å². The Morgan fingerprint density at radius 2 is 1.93 bits per heavy atom. The Morgan fingerprint density at radius 1 is 1.21 bits per heavy atom. The third-order valence-electron chi connectivity index (χ3n) is 1.54. The number of benzene rings is 1. The van der Waals surface area contributed by atoms with Crippen molar-refractivity contribution < 1.29 is 0 Å². The first-order valence-corrected chi connectivity index (χ1v) is 5.22. The Kier molecular flexibility index (Phi) is 3.86. The van der Waals surface area contributed by atoms with Crippen LogP contribution >= 0.6 is 39.7 Å². The second kappa shape index (κ2) is 4.72. The molecule has 3 nitrogen and oxygen atoms in total. The first-order valence-electron chi connectivity index (χ1n) is 3.61. The van der Waals surface area contributed by atoms with E-state index >= 15 is 0 Å². The van der Waals surface area contributed by atoms with Gasteiger partial charge in [0.15, 0.2) is 5.01 Å². The summed E-state index contributed by atoms with van der Waals surface area (Å²) in [6.07, 6.45) is 0. The van der Waals surface area contributed by atoms with Crippen LogP contribution in [0.3, 0.4) is 0 Å². The van der Waals surface area contributed by atoms with Crippen molar-refractivity contribution in [3.05, 3.63) is 28.7 Å². The van der Waals surface area contributed by atoms with Crippen molar-refractivity contribution in [2.75, 3.05) is 5.73 Å². The van der Waals surface area contributed by atoms with Crippen molar-refractivity contribution in [3.8, 4) is 10.6 Å². The van der Waals surface area contributed by atoms with E-state index in [2.05, 4.69) is 26.1 Å². The summed E-state index contributed by atoms with van der Waals surface area (Å²) >= 11 is 4.82. The molecule has 0 atom stereocenters. The lowest BCUT2D eigenvalue weighted by Crippen LogP contribution is -1.80. The summed E-state index contributed by atoms with van der Waals surface area (Å²) in [6, 6.07) is 7.85. The van der Waals surface area contributed by atoms with Gasteiger partial charge in [-0.2, -0.15) is 0 Å². The number of halogens is 2. The molecule has 2 rings (SSSR count). The maximum atomic E-state index is 5.50. The summed E-state index contributed by atoms with van der Waals surface area (Å²) in [5.41, 5.74) is 6.52. The molecule has 0 aliphatic carbocycles. The zero-order valence-electron chi connectivity index (χ0n) is 6.98. The molecular formula is C8H7BrClN3S. The average Bonchev–Trinajstić information content (AvgIpc) is 2.53. The smallest absolute Gasteiger partial charge is 0.203 e. The molecule has 1 aromatic heterocycles. The first-order chi connectivity index (χ1) is 6.27. The molecular weight excluding hydrogens is 286 g/mol. The van der Waals surface area contributed by atoms with Crippen molar-refractivity contribution in [3.63, 3.8) is 0 Å². The molecule has 0 amide bonds. The number of nitrogens with two attached hydrogens (primary N) is 1. The van der Waals surface area contributed by atoms with Crippen LogP contribution in [0.2, 0.25) is 0 Å². The summed E-state index contributed by atoms with van der Waals surface area (Å²) in [6.45, 7) is 0. The van der Waals surface area contributed by atoms with Crippen LogP contribution in [0.5, 0.6) is 0 Å². The van der Waals surface area contributed by atoms with Gasteiger partial charge in [-0.25, -0.2) is 0 Å². The summed E-state index contributed by atoms with van der Waals surface area (Å²) in [5.74, 6) is 0. The molecule has 74 valence electrons. The Hall–Kier alpha value is -0.650. The van der Waals surface area contributed by atoms with Gasteiger partial charge < -0.3 is 5.73 Å². The lowest BCUT2D eigenvalue weighted by molar-refractivity contribution is 1.10. The second-order valence-corrected chi connectivity index (χ2v) is 4.29. The maximum absolute atomic E-state index is 5.50. The van der Waals surface area contributed by atoms with Gasteiger partial charge in [0.25, 0.3) is 0 Å². The van der Waals surface area contributed by atoms with Gasteiger partial charge in [0.2, 0.25) is 5.13 Å². The largest absolute Gasteiger partial charge is 0.374 e. The van der Waals surface area contributed by atoms with E-state index in [4.69, 9.17) is 5.73 Å². The fraction of sp³-hybridized carbons (Fsp3) is 0. The molecule has 1 aromatic carbocycles. The normalized spacial score (nSPS) is 9.50. The highest BCUT2D eigenvalue weighted by Gasteiger charge is 2.06. The highest BCUT2D eigenvalue weighted by Crippen LogP contribution is 2.30. The number of rotatable bonds is 1. The predicted octanol–water partition coefficient (Wildman–Crippen LogP) is 2.97. The fourth-order valence-corrected chi connectivity index (χ4v) is 2.23. The van der Waals surface area contributed by atoms with Crippen LogP contribution in [0.1, 0.15) is 0 Å². The van der Waals surface area contributed by atoms with Crippen molar-refractivity contribution in [1.29, 1.82) is 0 Å². The van der Waals surface area contributed by atoms with Gasteiger partial charge in [0.1, 0.15) is 0 Å². The molecule has 14 heavy (non-hydrogen) atoms. The van der Waals surface area contributed by atoms with Gasteiger partial charge in [-0.05, 0) is 6.07 Å². The van der Waals surface area contributed by atoms with Gasteiger partial charge in [-0.15, -0.1) is 22.6 Å². The van der Waals surface area contributed by atoms with Gasteiger partial charge in [-0.1, -0.05) is 45.5 Å². The van der Waals surface area contributed by atoms with Crippen molar-refractivity contribution in [2.24, 2.45) is 0 Å².